The summed E-state index contributed by atoms with van der Waals surface area (Å²) in [6.45, 7) is 3.62. The van der Waals surface area contributed by atoms with Crippen molar-refractivity contribution in [3.05, 3.63) is 23.9 Å². The van der Waals surface area contributed by atoms with Crippen LogP contribution >= 0.6 is 0 Å². The highest BCUT2D eigenvalue weighted by Gasteiger charge is 2.13. The Bertz CT molecular complexity index is 366. The number of hydrogen-bond donors (Lipinski definition) is 3. The molecule has 0 fully saturated rings. The van der Waals surface area contributed by atoms with Gasteiger partial charge >= 0.3 is 5.97 Å². The molecule has 1 aromatic rings. The number of nitrogens with one attached hydrogen (secondary N) is 1. The fourth-order valence-corrected chi connectivity index (χ4v) is 1.39. The van der Waals surface area contributed by atoms with Gasteiger partial charge in [0.25, 0.3) is 0 Å². The molecule has 1 heterocycles. The molecule has 1 aromatic heterocycles. The molecule has 16 heavy (non-hydrogen) atoms. The number of nitrogens with zero attached hydrogens (tertiary/aromatic N) is 1. The molecule has 0 spiro atoms. The maximum atomic E-state index is 10.7. The molecule has 0 saturated heterocycles. The van der Waals surface area contributed by atoms with Gasteiger partial charge in [0.2, 0.25) is 0 Å². The number of pyridine rings is 1. The van der Waals surface area contributed by atoms with Crippen LogP contribution in [0.2, 0.25) is 0 Å². The van der Waals surface area contributed by atoms with Crippen molar-refractivity contribution in [3.8, 4) is 0 Å². The van der Waals surface area contributed by atoms with Crippen molar-refractivity contribution in [2.24, 2.45) is 0 Å². The molecule has 0 amide bonds. The standard InChI is InChI=1S/C11H16N2O3/c1-3-8(7(2)14)12-10-6-4-5-9(13-10)11(15)16/h4-8,14H,3H2,1-2H3,(H,12,13)(H,15,16). The van der Waals surface area contributed by atoms with Crippen molar-refractivity contribution < 1.29 is 15.0 Å². The van der Waals surface area contributed by atoms with E-state index in [4.69, 9.17) is 5.11 Å². The van der Waals surface area contributed by atoms with E-state index in [9.17, 15) is 9.90 Å². The average Bonchev–Trinajstić information content (AvgIpc) is 2.25. The Hall–Kier alpha value is -1.62. The zero-order chi connectivity index (χ0) is 12.1. The average molecular weight is 224 g/mol. The van der Waals surface area contributed by atoms with Crippen LogP contribution in [0, 0.1) is 0 Å². The van der Waals surface area contributed by atoms with Gasteiger partial charge in [-0.05, 0) is 25.5 Å². The van der Waals surface area contributed by atoms with Crippen LogP contribution in [0.25, 0.3) is 0 Å². The Kier molecular flexibility index (Phi) is 4.25. The first-order chi connectivity index (χ1) is 7.54. The van der Waals surface area contributed by atoms with Gasteiger partial charge in [-0.3, -0.25) is 0 Å². The van der Waals surface area contributed by atoms with Crippen molar-refractivity contribution >= 4 is 11.8 Å². The van der Waals surface area contributed by atoms with Crippen molar-refractivity contribution in [2.45, 2.75) is 32.4 Å². The number of aromatic nitrogens is 1. The highest BCUT2D eigenvalue weighted by Crippen LogP contribution is 2.10. The van der Waals surface area contributed by atoms with E-state index in [2.05, 4.69) is 10.3 Å². The molecule has 0 aliphatic carbocycles. The van der Waals surface area contributed by atoms with Crippen LogP contribution in [0.4, 0.5) is 5.82 Å². The van der Waals surface area contributed by atoms with Crippen molar-refractivity contribution in [1.29, 1.82) is 0 Å². The summed E-state index contributed by atoms with van der Waals surface area (Å²) in [6.07, 6.45) is 0.219. The van der Waals surface area contributed by atoms with Crippen molar-refractivity contribution in [3.63, 3.8) is 0 Å². The van der Waals surface area contributed by atoms with Gasteiger partial charge in [-0.2, -0.15) is 0 Å². The Morgan fingerprint density at radius 1 is 1.56 bits per heavy atom. The summed E-state index contributed by atoms with van der Waals surface area (Å²) in [5.74, 6) is -0.596. The summed E-state index contributed by atoms with van der Waals surface area (Å²) < 4.78 is 0. The van der Waals surface area contributed by atoms with Gasteiger partial charge in [-0.25, -0.2) is 9.78 Å². The number of aromatic carboxylic acids is 1. The van der Waals surface area contributed by atoms with E-state index >= 15 is 0 Å². The fraction of sp³-hybridized carbons (Fsp3) is 0.455. The molecule has 2 unspecified atom stereocenters. The number of carbonyl (C=O) groups is 1. The number of hydrogen-bond acceptors (Lipinski definition) is 4. The predicted molar refractivity (Wildman–Crippen MR) is 60.6 cm³/mol. The first-order valence-corrected chi connectivity index (χ1v) is 5.19. The second kappa shape index (κ2) is 5.46. The highest BCUT2D eigenvalue weighted by molar-refractivity contribution is 5.85. The predicted octanol–water partition coefficient (Wildman–Crippen LogP) is 1.35. The molecule has 0 bridgehead atoms. The quantitative estimate of drug-likeness (QED) is 0.703. The Labute approximate surface area is 94.1 Å². The molecule has 1 rings (SSSR count). The molecule has 88 valence electrons. The Morgan fingerprint density at radius 2 is 2.25 bits per heavy atom. The van der Waals surface area contributed by atoms with E-state index in [0.29, 0.717) is 5.82 Å². The van der Waals surface area contributed by atoms with E-state index in [0.717, 1.165) is 6.42 Å². The van der Waals surface area contributed by atoms with E-state index in [1.807, 2.05) is 6.92 Å². The van der Waals surface area contributed by atoms with Crippen LogP contribution in [-0.4, -0.2) is 33.3 Å². The van der Waals surface area contributed by atoms with Gasteiger partial charge in [0, 0.05) is 0 Å². The molecule has 2 atom stereocenters. The lowest BCUT2D eigenvalue weighted by molar-refractivity contribution is 0.0690. The largest absolute Gasteiger partial charge is 0.477 e. The topological polar surface area (TPSA) is 82.5 Å². The molecule has 0 aliphatic rings. The SMILES string of the molecule is CCC(Nc1cccc(C(=O)O)n1)C(C)O. The number of carboxylic acid groups (broad SMARTS) is 1. The van der Waals surface area contributed by atoms with Gasteiger partial charge in [-0.1, -0.05) is 13.0 Å². The van der Waals surface area contributed by atoms with E-state index < -0.39 is 12.1 Å². The third kappa shape index (κ3) is 3.20. The van der Waals surface area contributed by atoms with Gasteiger partial charge < -0.3 is 15.5 Å². The number of aliphatic hydroxyl groups excluding tert-OH is 1. The molecule has 5 nitrogen and oxygen atoms in total. The molecule has 0 aliphatic heterocycles. The molecule has 0 saturated carbocycles. The van der Waals surface area contributed by atoms with Crippen molar-refractivity contribution in [1.82, 2.24) is 4.98 Å². The van der Waals surface area contributed by atoms with E-state index in [1.54, 1.807) is 19.1 Å². The first kappa shape index (κ1) is 12.4. The maximum Gasteiger partial charge on any atom is 0.354 e. The van der Waals surface area contributed by atoms with Crippen LogP contribution in [0.1, 0.15) is 30.8 Å². The number of aliphatic hydroxyl groups is 1. The maximum absolute atomic E-state index is 10.7. The van der Waals surface area contributed by atoms with E-state index in [1.165, 1.54) is 6.07 Å². The summed E-state index contributed by atoms with van der Waals surface area (Å²) in [4.78, 5) is 14.6. The molecule has 0 radical (unpaired) electrons. The lowest BCUT2D eigenvalue weighted by Gasteiger charge is -2.20. The minimum atomic E-state index is -1.06. The smallest absolute Gasteiger partial charge is 0.354 e. The van der Waals surface area contributed by atoms with Crippen LogP contribution in [-0.2, 0) is 0 Å². The Morgan fingerprint density at radius 3 is 2.75 bits per heavy atom. The third-order valence-corrected chi connectivity index (χ3v) is 2.32. The van der Waals surface area contributed by atoms with Gasteiger partial charge in [0.1, 0.15) is 5.82 Å². The van der Waals surface area contributed by atoms with Crippen LogP contribution in [0.15, 0.2) is 18.2 Å². The van der Waals surface area contributed by atoms with Gasteiger partial charge in [-0.15, -0.1) is 0 Å². The van der Waals surface area contributed by atoms with Crippen LogP contribution in [0.5, 0.6) is 0 Å². The van der Waals surface area contributed by atoms with Crippen LogP contribution in [0.3, 0.4) is 0 Å². The number of rotatable bonds is 5. The van der Waals surface area contributed by atoms with Crippen LogP contribution < -0.4 is 5.32 Å². The molecule has 0 aromatic carbocycles. The summed E-state index contributed by atoms with van der Waals surface area (Å²) in [5.41, 5.74) is -0.00885. The van der Waals surface area contributed by atoms with Crippen molar-refractivity contribution in [2.75, 3.05) is 5.32 Å². The first-order valence-electron chi connectivity index (χ1n) is 5.19. The van der Waals surface area contributed by atoms with Gasteiger partial charge in [0.05, 0.1) is 12.1 Å². The highest BCUT2D eigenvalue weighted by atomic mass is 16.4. The summed E-state index contributed by atoms with van der Waals surface area (Å²) in [6, 6.07) is 4.60. The lowest BCUT2D eigenvalue weighted by Crippen LogP contribution is -2.31. The van der Waals surface area contributed by atoms with E-state index in [-0.39, 0.29) is 11.7 Å². The minimum absolute atomic E-state index is 0.00885. The second-order valence-corrected chi connectivity index (χ2v) is 3.61. The summed E-state index contributed by atoms with van der Waals surface area (Å²) >= 11 is 0. The normalized spacial score (nSPS) is 14.2. The molecule has 5 heteroatoms. The summed E-state index contributed by atoms with van der Waals surface area (Å²) in [5, 5.41) is 21.2. The third-order valence-electron chi connectivity index (χ3n) is 2.32. The second-order valence-electron chi connectivity index (χ2n) is 3.61. The number of carboxylic acids is 1. The summed E-state index contributed by atoms with van der Waals surface area (Å²) in [7, 11) is 0. The Balaban J connectivity index is 2.80. The minimum Gasteiger partial charge on any atom is -0.477 e. The molecular weight excluding hydrogens is 208 g/mol. The zero-order valence-corrected chi connectivity index (χ0v) is 9.34. The molecule has 3 N–H and O–H groups in total. The zero-order valence-electron chi connectivity index (χ0n) is 9.34. The lowest BCUT2D eigenvalue weighted by atomic mass is 10.1. The van der Waals surface area contributed by atoms with Gasteiger partial charge in [0.15, 0.2) is 5.69 Å². The molecular formula is C11H16N2O3. The monoisotopic (exact) mass is 224 g/mol. The fourth-order valence-electron chi connectivity index (χ4n) is 1.39. The number of anilines is 1.